The molecule has 1 aromatic carbocycles. The van der Waals surface area contributed by atoms with Crippen LogP contribution in [0.2, 0.25) is 0 Å². The summed E-state index contributed by atoms with van der Waals surface area (Å²) in [4.78, 5) is 25.5. The van der Waals surface area contributed by atoms with Gasteiger partial charge in [0.15, 0.2) is 5.60 Å². The number of nitrogens with one attached hydrogen (secondary N) is 1. The van der Waals surface area contributed by atoms with Gasteiger partial charge in [0.25, 0.3) is 5.91 Å². The first-order valence-electron chi connectivity index (χ1n) is 8.84. The predicted octanol–water partition coefficient (Wildman–Crippen LogP) is 1.77. The Morgan fingerprint density at radius 2 is 2.16 bits per heavy atom. The molecule has 0 spiro atoms. The molecule has 1 fully saturated rings. The van der Waals surface area contributed by atoms with Gasteiger partial charge in [-0.15, -0.1) is 0 Å². The van der Waals surface area contributed by atoms with Crippen LogP contribution in [0, 0.1) is 6.92 Å². The lowest BCUT2D eigenvalue weighted by atomic mass is 9.91. The molecule has 2 amide bonds. The summed E-state index contributed by atoms with van der Waals surface area (Å²) in [7, 11) is 0. The summed E-state index contributed by atoms with van der Waals surface area (Å²) in [5.74, 6) is 0.269. The number of hydrogen-bond donors (Lipinski definition) is 2. The monoisotopic (exact) mass is 348 g/mol. The van der Waals surface area contributed by atoms with Gasteiger partial charge in [-0.25, -0.2) is 0 Å². The number of piperidine rings is 1. The smallest absolute Gasteiger partial charge is 0.254 e. The number of carbonyl (C=O) groups is 2. The van der Waals surface area contributed by atoms with Crippen molar-refractivity contribution in [2.24, 2.45) is 0 Å². The van der Waals surface area contributed by atoms with E-state index < -0.39 is 11.5 Å². The van der Waals surface area contributed by atoms with E-state index in [0.717, 1.165) is 23.3 Å². The molecule has 25 heavy (non-hydrogen) atoms. The van der Waals surface area contributed by atoms with E-state index in [4.69, 9.17) is 4.74 Å². The number of benzene rings is 1. The number of β-amino-alcohol motifs (C(OH)–C–C–N with tert-alkyl or cyclic N) is 1. The van der Waals surface area contributed by atoms with Gasteiger partial charge in [0, 0.05) is 20.0 Å². The Kier molecular flexibility index (Phi) is 6.42. The molecular formula is C19H28N2O4. The zero-order chi connectivity index (χ0) is 18.4. The minimum absolute atomic E-state index is 0.0525. The number of nitrogens with zero attached hydrogens (tertiary/aromatic N) is 1. The summed E-state index contributed by atoms with van der Waals surface area (Å²) in [5, 5.41) is 13.4. The molecule has 1 heterocycles. The van der Waals surface area contributed by atoms with Crippen molar-refractivity contribution in [1.29, 1.82) is 0 Å². The molecule has 138 valence electrons. The molecule has 1 aliphatic heterocycles. The fourth-order valence-electron chi connectivity index (χ4n) is 3.01. The number of carbonyl (C=O) groups excluding carboxylic acids is 2. The van der Waals surface area contributed by atoms with Crippen molar-refractivity contribution in [3.63, 3.8) is 0 Å². The largest absolute Gasteiger partial charge is 0.494 e. The van der Waals surface area contributed by atoms with Gasteiger partial charge in [0.05, 0.1) is 13.2 Å². The third kappa shape index (κ3) is 4.95. The van der Waals surface area contributed by atoms with Crippen LogP contribution in [-0.2, 0) is 16.1 Å². The Balaban J connectivity index is 1.96. The average Bonchev–Trinajstić information content (AvgIpc) is 2.58. The molecule has 1 aliphatic rings. The molecule has 6 heteroatoms. The quantitative estimate of drug-likeness (QED) is 0.821. The highest BCUT2D eigenvalue weighted by molar-refractivity contribution is 5.86. The van der Waals surface area contributed by atoms with E-state index in [1.165, 1.54) is 11.8 Å². The summed E-state index contributed by atoms with van der Waals surface area (Å²) in [5.41, 5.74) is 0.483. The van der Waals surface area contributed by atoms with Gasteiger partial charge in [-0.1, -0.05) is 13.0 Å². The van der Waals surface area contributed by atoms with Gasteiger partial charge in [-0.3, -0.25) is 9.59 Å². The van der Waals surface area contributed by atoms with Crippen molar-refractivity contribution < 1.29 is 19.4 Å². The molecule has 0 radical (unpaired) electrons. The highest BCUT2D eigenvalue weighted by Crippen LogP contribution is 2.22. The molecule has 0 aromatic heterocycles. The minimum atomic E-state index is -1.51. The molecule has 1 saturated heterocycles. The van der Waals surface area contributed by atoms with Crippen molar-refractivity contribution in [3.8, 4) is 5.75 Å². The highest BCUT2D eigenvalue weighted by Gasteiger charge is 2.40. The Morgan fingerprint density at radius 3 is 2.80 bits per heavy atom. The Bertz CT molecular complexity index is 632. The van der Waals surface area contributed by atoms with E-state index in [0.29, 0.717) is 32.5 Å². The SMILES string of the molecule is CCCOc1ccc(CNC(=O)[C@@]2(O)CCCN(C(C)=O)C2)c(C)c1. The van der Waals surface area contributed by atoms with Crippen LogP contribution < -0.4 is 10.1 Å². The fraction of sp³-hybridized carbons (Fsp3) is 0.579. The zero-order valence-electron chi connectivity index (χ0n) is 15.3. The average molecular weight is 348 g/mol. The second-order valence-electron chi connectivity index (χ2n) is 6.70. The molecule has 0 bridgehead atoms. The first kappa shape index (κ1) is 19.2. The second kappa shape index (κ2) is 8.34. The van der Waals surface area contributed by atoms with Crippen LogP contribution in [0.3, 0.4) is 0 Å². The third-order valence-electron chi connectivity index (χ3n) is 4.57. The number of ether oxygens (including phenoxy) is 1. The number of hydrogen-bond acceptors (Lipinski definition) is 4. The van der Waals surface area contributed by atoms with Crippen LogP contribution in [0.15, 0.2) is 18.2 Å². The maximum atomic E-state index is 12.5. The topological polar surface area (TPSA) is 78.9 Å². The summed E-state index contributed by atoms with van der Waals surface area (Å²) in [6.07, 6.45) is 1.93. The molecule has 0 saturated carbocycles. The van der Waals surface area contributed by atoms with Gasteiger partial charge in [0.1, 0.15) is 5.75 Å². The predicted molar refractivity (Wildman–Crippen MR) is 95.2 cm³/mol. The molecule has 2 N–H and O–H groups in total. The highest BCUT2D eigenvalue weighted by atomic mass is 16.5. The zero-order valence-corrected chi connectivity index (χ0v) is 15.3. The molecule has 6 nitrogen and oxygen atoms in total. The van der Waals surface area contributed by atoms with Gasteiger partial charge < -0.3 is 20.1 Å². The molecular weight excluding hydrogens is 320 g/mol. The summed E-state index contributed by atoms with van der Waals surface area (Å²) < 4.78 is 5.60. The van der Waals surface area contributed by atoms with Crippen LogP contribution >= 0.6 is 0 Å². The van der Waals surface area contributed by atoms with Crippen molar-refractivity contribution in [2.45, 2.75) is 52.2 Å². The van der Waals surface area contributed by atoms with Gasteiger partial charge in [0.2, 0.25) is 5.91 Å². The van der Waals surface area contributed by atoms with Crippen LogP contribution in [-0.4, -0.2) is 47.1 Å². The van der Waals surface area contributed by atoms with Crippen molar-refractivity contribution in [3.05, 3.63) is 29.3 Å². The van der Waals surface area contributed by atoms with E-state index in [-0.39, 0.29) is 12.5 Å². The molecule has 2 rings (SSSR count). The molecule has 1 aromatic rings. The van der Waals surface area contributed by atoms with E-state index in [2.05, 4.69) is 12.2 Å². The van der Waals surface area contributed by atoms with E-state index >= 15 is 0 Å². The number of rotatable bonds is 6. The maximum Gasteiger partial charge on any atom is 0.254 e. The van der Waals surface area contributed by atoms with E-state index in [9.17, 15) is 14.7 Å². The van der Waals surface area contributed by atoms with Crippen LogP contribution in [0.25, 0.3) is 0 Å². The van der Waals surface area contributed by atoms with E-state index in [1.54, 1.807) is 0 Å². The van der Waals surface area contributed by atoms with E-state index in [1.807, 2.05) is 25.1 Å². The molecule has 1 atom stereocenters. The Hall–Kier alpha value is -2.08. The number of aryl methyl sites for hydroxylation is 1. The first-order chi connectivity index (χ1) is 11.9. The van der Waals surface area contributed by atoms with Crippen LogP contribution in [0.5, 0.6) is 5.75 Å². The lowest BCUT2D eigenvalue weighted by Gasteiger charge is -2.37. The third-order valence-corrected chi connectivity index (χ3v) is 4.57. The summed E-state index contributed by atoms with van der Waals surface area (Å²) >= 11 is 0. The number of aliphatic hydroxyl groups is 1. The lowest BCUT2D eigenvalue weighted by molar-refractivity contribution is -0.150. The van der Waals surface area contributed by atoms with Crippen LogP contribution in [0.4, 0.5) is 0 Å². The summed E-state index contributed by atoms with van der Waals surface area (Å²) in [6, 6.07) is 5.76. The molecule has 0 aliphatic carbocycles. The molecule has 0 unspecified atom stereocenters. The first-order valence-corrected chi connectivity index (χ1v) is 8.84. The maximum absolute atomic E-state index is 12.5. The van der Waals surface area contributed by atoms with Crippen molar-refractivity contribution >= 4 is 11.8 Å². The normalized spacial score (nSPS) is 20.2. The fourth-order valence-corrected chi connectivity index (χ4v) is 3.01. The standard InChI is InChI=1S/C19H28N2O4/c1-4-10-25-17-7-6-16(14(2)11-17)12-20-18(23)19(24)8-5-9-21(13-19)15(3)22/h6-7,11,24H,4-5,8-10,12-13H2,1-3H3,(H,20,23)/t19-/m1/s1. The minimum Gasteiger partial charge on any atom is -0.494 e. The van der Waals surface area contributed by atoms with Crippen LogP contribution in [0.1, 0.15) is 44.2 Å². The summed E-state index contributed by atoms with van der Waals surface area (Å²) in [6.45, 7) is 7.12. The Labute approximate surface area is 149 Å². The van der Waals surface area contributed by atoms with Gasteiger partial charge >= 0.3 is 0 Å². The van der Waals surface area contributed by atoms with Crippen molar-refractivity contribution in [2.75, 3.05) is 19.7 Å². The number of amides is 2. The van der Waals surface area contributed by atoms with Gasteiger partial charge in [-0.2, -0.15) is 0 Å². The van der Waals surface area contributed by atoms with Gasteiger partial charge in [-0.05, 0) is 49.4 Å². The second-order valence-corrected chi connectivity index (χ2v) is 6.70. The Morgan fingerprint density at radius 1 is 1.40 bits per heavy atom. The van der Waals surface area contributed by atoms with Crippen molar-refractivity contribution in [1.82, 2.24) is 10.2 Å². The number of likely N-dealkylation sites (tertiary alicyclic amines) is 1. The lowest BCUT2D eigenvalue weighted by Crippen LogP contribution is -2.57.